The standard InChI is InChI=1S/C27H31F3N6O2/c1-5-6-12-38-26(37)21-15-32-23(13-22(21)27(28,29)30)36-11-10-35(16-17(36)2)25-19(4)18(3)24(33-34-25)20-8-7-9-31-14-20/h7-9,13-15,17H,5-6,10-12,16H2,1-4H3/t17-/m1/s1. The number of nitrogens with zero attached hydrogens (tertiary/aromatic N) is 6. The maximum atomic E-state index is 13.9. The Bertz CT molecular complexity index is 1290. The second kappa shape index (κ2) is 11.3. The number of halogens is 3. The van der Waals surface area contributed by atoms with E-state index in [1.54, 1.807) is 12.4 Å². The van der Waals surface area contributed by atoms with E-state index < -0.39 is 23.3 Å². The van der Waals surface area contributed by atoms with Crippen LogP contribution in [0.15, 0.2) is 36.8 Å². The predicted octanol–water partition coefficient (Wildman–Crippen LogP) is 5.24. The van der Waals surface area contributed by atoms with Crippen LogP contribution in [-0.4, -0.2) is 58.4 Å². The number of unbranched alkanes of at least 4 members (excludes halogenated alkanes) is 1. The molecule has 8 nitrogen and oxygen atoms in total. The van der Waals surface area contributed by atoms with Gasteiger partial charge in [-0.1, -0.05) is 13.3 Å². The van der Waals surface area contributed by atoms with Crippen LogP contribution in [0.4, 0.5) is 24.8 Å². The van der Waals surface area contributed by atoms with Crippen LogP contribution >= 0.6 is 0 Å². The minimum absolute atomic E-state index is 0.0678. The number of anilines is 2. The van der Waals surface area contributed by atoms with Crippen molar-refractivity contribution in [3.8, 4) is 11.3 Å². The first-order chi connectivity index (χ1) is 18.1. The number of piperazine rings is 1. The van der Waals surface area contributed by atoms with E-state index in [0.717, 1.165) is 46.9 Å². The molecule has 38 heavy (non-hydrogen) atoms. The molecule has 0 N–H and O–H groups in total. The summed E-state index contributed by atoms with van der Waals surface area (Å²) in [6.45, 7) is 9.35. The molecule has 3 aromatic rings. The van der Waals surface area contributed by atoms with Crippen LogP contribution in [0.2, 0.25) is 0 Å². The lowest BCUT2D eigenvalue weighted by Gasteiger charge is -2.41. The van der Waals surface area contributed by atoms with E-state index in [1.807, 2.05) is 44.7 Å². The molecule has 0 amide bonds. The van der Waals surface area contributed by atoms with Crippen molar-refractivity contribution >= 4 is 17.6 Å². The zero-order valence-electron chi connectivity index (χ0n) is 21.9. The molecule has 0 unspecified atom stereocenters. The number of alkyl halides is 3. The maximum Gasteiger partial charge on any atom is 0.417 e. The molecule has 0 bridgehead atoms. The molecule has 202 valence electrons. The van der Waals surface area contributed by atoms with Crippen molar-refractivity contribution in [3.05, 3.63) is 59.0 Å². The Kier molecular flexibility index (Phi) is 8.13. The minimum Gasteiger partial charge on any atom is -0.462 e. The molecule has 1 fully saturated rings. The number of ether oxygens (including phenoxy) is 1. The van der Waals surface area contributed by atoms with Gasteiger partial charge >= 0.3 is 12.1 Å². The molecule has 1 aliphatic rings. The number of pyridine rings is 2. The molecule has 0 radical (unpaired) electrons. The highest BCUT2D eigenvalue weighted by atomic mass is 19.4. The normalized spacial score (nSPS) is 16.0. The monoisotopic (exact) mass is 528 g/mol. The Balaban J connectivity index is 1.54. The second-order valence-corrected chi connectivity index (χ2v) is 9.43. The number of esters is 1. The SMILES string of the molecule is CCCCOC(=O)c1cnc(N2CCN(c3nnc(-c4cccnc4)c(C)c3C)C[C@H]2C)cc1C(F)(F)F. The number of carbonyl (C=O) groups is 1. The highest BCUT2D eigenvalue weighted by Gasteiger charge is 2.38. The first-order valence-electron chi connectivity index (χ1n) is 12.6. The number of rotatable bonds is 7. The summed E-state index contributed by atoms with van der Waals surface area (Å²) in [5.74, 6) is -0.0990. The Hall–Kier alpha value is -3.76. The average Bonchev–Trinajstić information content (AvgIpc) is 2.90. The van der Waals surface area contributed by atoms with Crippen LogP contribution in [0, 0.1) is 13.8 Å². The fourth-order valence-electron chi connectivity index (χ4n) is 4.55. The van der Waals surface area contributed by atoms with Gasteiger partial charge in [0, 0.05) is 49.8 Å². The van der Waals surface area contributed by atoms with Crippen LogP contribution < -0.4 is 9.80 Å². The van der Waals surface area contributed by atoms with Gasteiger partial charge in [0.05, 0.1) is 23.4 Å². The van der Waals surface area contributed by atoms with E-state index in [1.165, 1.54) is 0 Å². The first-order valence-corrected chi connectivity index (χ1v) is 12.6. The maximum absolute atomic E-state index is 13.9. The molecule has 4 heterocycles. The number of hydrogen-bond acceptors (Lipinski definition) is 8. The van der Waals surface area contributed by atoms with Crippen molar-refractivity contribution in [2.75, 3.05) is 36.0 Å². The van der Waals surface area contributed by atoms with E-state index in [4.69, 9.17) is 4.74 Å². The van der Waals surface area contributed by atoms with E-state index in [2.05, 4.69) is 25.1 Å². The molecule has 0 saturated carbocycles. The lowest BCUT2D eigenvalue weighted by molar-refractivity contribution is -0.138. The first kappa shape index (κ1) is 27.3. The number of aromatic nitrogens is 4. The van der Waals surface area contributed by atoms with Gasteiger partial charge in [0.25, 0.3) is 0 Å². The van der Waals surface area contributed by atoms with E-state index in [-0.39, 0.29) is 18.5 Å². The second-order valence-electron chi connectivity index (χ2n) is 9.43. The summed E-state index contributed by atoms with van der Waals surface area (Å²) in [4.78, 5) is 24.6. The third kappa shape index (κ3) is 5.71. The highest BCUT2D eigenvalue weighted by Crippen LogP contribution is 2.35. The molecule has 0 aliphatic carbocycles. The zero-order valence-corrected chi connectivity index (χ0v) is 21.9. The van der Waals surface area contributed by atoms with Crippen molar-refractivity contribution in [2.45, 2.75) is 52.8 Å². The van der Waals surface area contributed by atoms with Gasteiger partial charge in [-0.05, 0) is 56.5 Å². The summed E-state index contributed by atoms with van der Waals surface area (Å²) in [6, 6.07) is 4.56. The predicted molar refractivity (Wildman–Crippen MR) is 138 cm³/mol. The quantitative estimate of drug-likeness (QED) is 0.304. The topological polar surface area (TPSA) is 84.3 Å². The van der Waals surface area contributed by atoms with Crippen LogP contribution in [0.5, 0.6) is 0 Å². The molecule has 3 aromatic heterocycles. The Morgan fingerprint density at radius 1 is 1.16 bits per heavy atom. The summed E-state index contributed by atoms with van der Waals surface area (Å²) < 4.78 is 46.7. The van der Waals surface area contributed by atoms with Crippen molar-refractivity contribution in [1.82, 2.24) is 20.2 Å². The smallest absolute Gasteiger partial charge is 0.417 e. The number of carbonyl (C=O) groups excluding carboxylic acids is 1. The van der Waals surface area contributed by atoms with Crippen LogP contribution in [-0.2, 0) is 10.9 Å². The van der Waals surface area contributed by atoms with Crippen molar-refractivity contribution in [1.29, 1.82) is 0 Å². The molecular formula is C27H31F3N6O2. The summed E-state index contributed by atoms with van der Waals surface area (Å²) in [7, 11) is 0. The average molecular weight is 529 g/mol. The van der Waals surface area contributed by atoms with Crippen LogP contribution in [0.25, 0.3) is 11.3 Å². The fourth-order valence-corrected chi connectivity index (χ4v) is 4.55. The molecular weight excluding hydrogens is 497 g/mol. The van der Waals surface area contributed by atoms with Gasteiger partial charge < -0.3 is 14.5 Å². The largest absolute Gasteiger partial charge is 0.462 e. The molecule has 1 saturated heterocycles. The van der Waals surface area contributed by atoms with Gasteiger partial charge in [0.15, 0.2) is 5.82 Å². The molecule has 1 aliphatic heterocycles. The molecule has 1 atom stereocenters. The summed E-state index contributed by atoms with van der Waals surface area (Å²) in [5.41, 5.74) is 2.03. The molecule has 0 aromatic carbocycles. The van der Waals surface area contributed by atoms with Gasteiger partial charge in [-0.3, -0.25) is 4.98 Å². The van der Waals surface area contributed by atoms with Crippen molar-refractivity contribution < 1.29 is 22.7 Å². The highest BCUT2D eigenvalue weighted by molar-refractivity contribution is 5.91. The van der Waals surface area contributed by atoms with Crippen molar-refractivity contribution in [3.63, 3.8) is 0 Å². The summed E-state index contributed by atoms with van der Waals surface area (Å²) >= 11 is 0. The van der Waals surface area contributed by atoms with Gasteiger partial charge in [0.1, 0.15) is 5.82 Å². The Morgan fingerprint density at radius 3 is 2.61 bits per heavy atom. The minimum atomic E-state index is -4.72. The molecule has 0 spiro atoms. The molecule has 4 rings (SSSR count). The Labute approximate surface area is 219 Å². The van der Waals surface area contributed by atoms with Gasteiger partial charge in [-0.25, -0.2) is 9.78 Å². The lowest BCUT2D eigenvalue weighted by atomic mass is 10.0. The van der Waals surface area contributed by atoms with Crippen molar-refractivity contribution in [2.24, 2.45) is 0 Å². The summed E-state index contributed by atoms with van der Waals surface area (Å²) in [5, 5.41) is 8.94. The van der Waals surface area contributed by atoms with E-state index in [9.17, 15) is 18.0 Å². The van der Waals surface area contributed by atoms with Gasteiger partial charge in [-0.2, -0.15) is 13.2 Å². The Morgan fingerprint density at radius 2 is 1.95 bits per heavy atom. The molecule has 11 heteroatoms. The van der Waals surface area contributed by atoms with E-state index >= 15 is 0 Å². The summed E-state index contributed by atoms with van der Waals surface area (Å²) in [6.07, 6.45) is 1.04. The van der Waals surface area contributed by atoms with E-state index in [0.29, 0.717) is 26.1 Å². The van der Waals surface area contributed by atoms with Crippen LogP contribution in [0.3, 0.4) is 0 Å². The third-order valence-electron chi connectivity index (χ3n) is 6.80. The zero-order chi connectivity index (χ0) is 27.4. The fraction of sp³-hybridized carbons (Fsp3) is 0.444. The lowest BCUT2D eigenvalue weighted by Crippen LogP contribution is -2.53. The number of hydrogen-bond donors (Lipinski definition) is 0. The van der Waals surface area contributed by atoms with Crippen LogP contribution in [0.1, 0.15) is 53.7 Å². The van der Waals surface area contributed by atoms with Gasteiger partial charge in [0.2, 0.25) is 0 Å². The third-order valence-corrected chi connectivity index (χ3v) is 6.80. The van der Waals surface area contributed by atoms with Gasteiger partial charge in [-0.15, -0.1) is 10.2 Å².